The predicted octanol–water partition coefficient (Wildman–Crippen LogP) is 4.50. The highest BCUT2D eigenvalue weighted by atomic mass is 15.1. The molecule has 1 saturated heterocycles. The summed E-state index contributed by atoms with van der Waals surface area (Å²) in [6.07, 6.45) is 16.8. The molecule has 1 aromatic carbocycles. The Hall–Kier alpha value is -2.19. The molecule has 2 heteroatoms. The number of aromatic nitrogens is 1. The van der Waals surface area contributed by atoms with Crippen LogP contribution in [0.5, 0.6) is 0 Å². The van der Waals surface area contributed by atoms with Crippen LogP contribution in [0.3, 0.4) is 0 Å². The molecule has 0 bridgehead atoms. The highest BCUT2D eigenvalue weighted by molar-refractivity contribution is 5.39. The average molecular weight is 387 g/mol. The van der Waals surface area contributed by atoms with E-state index < -0.39 is 0 Å². The number of allylic oxidation sites excluding steroid dienone is 1. The van der Waals surface area contributed by atoms with Gasteiger partial charge >= 0.3 is 0 Å². The van der Waals surface area contributed by atoms with Crippen molar-refractivity contribution in [3.8, 4) is 0 Å². The maximum Gasteiger partial charge on any atom is 0.0662 e. The lowest BCUT2D eigenvalue weighted by molar-refractivity contribution is 0.204. The van der Waals surface area contributed by atoms with Crippen LogP contribution in [0.2, 0.25) is 0 Å². The lowest BCUT2D eigenvalue weighted by Crippen LogP contribution is -2.38. The Kier molecular flexibility index (Phi) is 6.61. The number of benzene rings is 1. The van der Waals surface area contributed by atoms with Crippen molar-refractivity contribution >= 4 is 12.2 Å². The van der Waals surface area contributed by atoms with Gasteiger partial charge in [0.05, 0.1) is 5.35 Å². The molecule has 0 radical (unpaired) electrons. The lowest BCUT2D eigenvalue weighted by atomic mass is 9.86. The maximum atomic E-state index is 4.56. The first kappa shape index (κ1) is 20.1. The molecular weight excluding hydrogens is 352 g/mol. The molecule has 1 aliphatic heterocycles. The highest BCUT2D eigenvalue weighted by Gasteiger charge is 2.21. The van der Waals surface area contributed by atoms with E-state index in [0.717, 1.165) is 38.6 Å². The van der Waals surface area contributed by atoms with E-state index in [1.54, 1.807) is 5.56 Å². The first-order valence-electron chi connectivity index (χ1n) is 11.4. The van der Waals surface area contributed by atoms with Crippen molar-refractivity contribution in [2.75, 3.05) is 13.1 Å². The molecule has 2 aromatic rings. The summed E-state index contributed by atoms with van der Waals surface area (Å²) < 4.78 is 0. The molecule has 1 aromatic heterocycles. The first-order chi connectivity index (χ1) is 14.3. The normalized spacial score (nSPS) is 17.3. The molecule has 0 spiro atoms. The molecule has 0 N–H and O–H groups in total. The van der Waals surface area contributed by atoms with Crippen LogP contribution in [0.15, 0.2) is 43.1 Å². The van der Waals surface area contributed by atoms with Crippen molar-refractivity contribution in [1.29, 1.82) is 0 Å². The maximum absolute atomic E-state index is 4.56. The number of aryl methyl sites for hydroxylation is 2. The van der Waals surface area contributed by atoms with E-state index in [-0.39, 0.29) is 0 Å². The third-order valence-corrected chi connectivity index (χ3v) is 6.65. The number of hydrogen-bond acceptors (Lipinski definition) is 2. The molecule has 0 amide bonds. The molecule has 0 unspecified atom stereocenters. The van der Waals surface area contributed by atoms with Gasteiger partial charge in [-0.25, -0.2) is 0 Å². The second-order valence-corrected chi connectivity index (χ2v) is 8.51. The quantitative estimate of drug-likeness (QED) is 0.652. The van der Waals surface area contributed by atoms with Crippen LogP contribution in [0.4, 0.5) is 0 Å². The number of nitrogens with zero attached hydrogens (tertiary/aromatic N) is 2. The van der Waals surface area contributed by atoms with Gasteiger partial charge in [-0.15, -0.1) is 6.58 Å². The van der Waals surface area contributed by atoms with Crippen molar-refractivity contribution in [1.82, 2.24) is 9.88 Å². The zero-order chi connectivity index (χ0) is 20.1. The van der Waals surface area contributed by atoms with Gasteiger partial charge in [-0.05, 0) is 92.3 Å². The van der Waals surface area contributed by atoms with E-state index in [1.807, 2.05) is 12.3 Å². The fraction of sp³-hybridized carbons (Fsp3) is 0.444. The molecule has 2 aliphatic rings. The number of likely N-dealkylation sites (tertiary alicyclic amines) is 1. The molecule has 4 rings (SSSR count). The van der Waals surface area contributed by atoms with E-state index in [0.29, 0.717) is 5.92 Å². The van der Waals surface area contributed by atoms with Gasteiger partial charge in [0.1, 0.15) is 0 Å². The summed E-state index contributed by atoms with van der Waals surface area (Å²) in [6, 6.07) is 9.47. The van der Waals surface area contributed by atoms with Gasteiger partial charge in [0, 0.05) is 18.0 Å². The Balaban J connectivity index is 1.42. The highest BCUT2D eigenvalue weighted by Crippen LogP contribution is 2.30. The second-order valence-electron chi connectivity index (χ2n) is 8.51. The molecular formula is C27H34N2. The van der Waals surface area contributed by atoms with E-state index in [2.05, 4.69) is 59.8 Å². The number of rotatable bonds is 7. The monoisotopic (exact) mass is 386 g/mol. The number of hydrogen-bond donors (Lipinski definition) is 0. The first-order valence-corrected chi connectivity index (χ1v) is 11.4. The van der Waals surface area contributed by atoms with Crippen LogP contribution >= 0.6 is 0 Å². The Bertz CT molecular complexity index is 965. The van der Waals surface area contributed by atoms with Crippen LogP contribution in [0.25, 0.3) is 12.2 Å². The Morgan fingerprint density at radius 2 is 1.90 bits per heavy atom. The minimum absolute atomic E-state index is 0.700. The topological polar surface area (TPSA) is 16.1 Å². The third-order valence-electron chi connectivity index (χ3n) is 6.65. The van der Waals surface area contributed by atoms with Gasteiger partial charge in [0.15, 0.2) is 0 Å². The smallest absolute Gasteiger partial charge is 0.0662 e. The molecule has 1 fully saturated rings. The molecule has 0 atom stereocenters. The number of fused-ring (bicyclic) bond motifs is 1. The molecule has 0 saturated carbocycles. The molecule has 1 aliphatic carbocycles. The number of piperidine rings is 1. The summed E-state index contributed by atoms with van der Waals surface area (Å²) in [7, 11) is 0. The summed E-state index contributed by atoms with van der Waals surface area (Å²) in [6.45, 7) is 9.59. The average Bonchev–Trinajstić information content (AvgIpc) is 2.78. The number of pyridine rings is 1. The SMILES string of the molecule is C=CCCc1cc(C2CCN(Cc3ccnc4c3=CCCC=4)CC2)ccc1CC. The van der Waals surface area contributed by atoms with Gasteiger partial charge in [0.2, 0.25) is 0 Å². The van der Waals surface area contributed by atoms with E-state index in [1.165, 1.54) is 53.2 Å². The van der Waals surface area contributed by atoms with Crippen LogP contribution in [-0.4, -0.2) is 23.0 Å². The van der Waals surface area contributed by atoms with E-state index in [9.17, 15) is 0 Å². The van der Waals surface area contributed by atoms with E-state index in [4.69, 9.17) is 0 Å². The minimum Gasteiger partial charge on any atom is -0.299 e. The zero-order valence-electron chi connectivity index (χ0n) is 17.9. The van der Waals surface area contributed by atoms with Gasteiger partial charge in [-0.1, -0.05) is 43.4 Å². The van der Waals surface area contributed by atoms with Crippen LogP contribution < -0.4 is 10.6 Å². The van der Waals surface area contributed by atoms with Gasteiger partial charge in [0.25, 0.3) is 0 Å². The Labute approximate surface area is 175 Å². The van der Waals surface area contributed by atoms with Crippen LogP contribution in [0.1, 0.15) is 67.2 Å². The fourth-order valence-electron chi connectivity index (χ4n) is 4.92. The fourth-order valence-corrected chi connectivity index (χ4v) is 4.92. The second kappa shape index (κ2) is 9.54. The van der Waals surface area contributed by atoms with Crippen molar-refractivity contribution in [2.24, 2.45) is 0 Å². The third kappa shape index (κ3) is 4.70. The molecule has 152 valence electrons. The Morgan fingerprint density at radius 1 is 1.07 bits per heavy atom. The summed E-state index contributed by atoms with van der Waals surface area (Å²) in [5, 5.41) is 2.56. The van der Waals surface area contributed by atoms with E-state index >= 15 is 0 Å². The van der Waals surface area contributed by atoms with Gasteiger partial charge in [-0.2, -0.15) is 0 Å². The van der Waals surface area contributed by atoms with Crippen molar-refractivity contribution < 1.29 is 0 Å². The summed E-state index contributed by atoms with van der Waals surface area (Å²) in [5.41, 5.74) is 6.03. The summed E-state index contributed by atoms with van der Waals surface area (Å²) in [4.78, 5) is 7.19. The van der Waals surface area contributed by atoms with Crippen molar-refractivity contribution in [2.45, 2.75) is 64.3 Å². The molecule has 29 heavy (non-hydrogen) atoms. The van der Waals surface area contributed by atoms with Gasteiger partial charge in [-0.3, -0.25) is 9.88 Å². The van der Waals surface area contributed by atoms with Gasteiger partial charge < -0.3 is 0 Å². The van der Waals surface area contributed by atoms with Crippen molar-refractivity contribution in [3.63, 3.8) is 0 Å². The van der Waals surface area contributed by atoms with Crippen LogP contribution in [0, 0.1) is 0 Å². The Morgan fingerprint density at radius 3 is 2.69 bits per heavy atom. The predicted molar refractivity (Wildman–Crippen MR) is 123 cm³/mol. The minimum atomic E-state index is 0.700. The van der Waals surface area contributed by atoms with Crippen LogP contribution in [-0.2, 0) is 19.4 Å². The molecule has 2 nitrogen and oxygen atoms in total. The molecule has 2 heterocycles. The summed E-state index contributed by atoms with van der Waals surface area (Å²) in [5.74, 6) is 0.700. The van der Waals surface area contributed by atoms with Crippen molar-refractivity contribution in [3.05, 3.63) is 75.9 Å². The zero-order valence-corrected chi connectivity index (χ0v) is 17.9. The standard InChI is InChI=1S/C27H34N2/c1-3-5-8-23-19-24(12-11-21(23)4-2)22-14-17-29(18-15-22)20-25-13-16-28-27-10-7-6-9-26(25)27/h3,9-13,16,19,22H,1,4-8,14-15,17-18,20H2,2H3. The summed E-state index contributed by atoms with van der Waals surface area (Å²) >= 11 is 0. The lowest BCUT2D eigenvalue weighted by Gasteiger charge is -2.32. The largest absolute Gasteiger partial charge is 0.299 e.